The molecule has 12 heavy (non-hydrogen) atoms. The van der Waals surface area contributed by atoms with Gasteiger partial charge in [0, 0.05) is 12.5 Å². The van der Waals surface area contributed by atoms with E-state index in [1.165, 1.54) is 0 Å². The van der Waals surface area contributed by atoms with Crippen LogP contribution in [0.3, 0.4) is 0 Å². The zero-order valence-electron chi connectivity index (χ0n) is 7.32. The highest BCUT2D eigenvalue weighted by Crippen LogP contribution is 2.16. The molecule has 1 rings (SSSR count). The summed E-state index contributed by atoms with van der Waals surface area (Å²) in [6.45, 7) is 2.02. The van der Waals surface area contributed by atoms with Crippen molar-refractivity contribution in [2.24, 2.45) is 22.1 Å². The smallest absolute Gasteiger partial charge is 0.149 e. The minimum absolute atomic E-state index is 0.219. The van der Waals surface area contributed by atoms with Crippen molar-refractivity contribution in [3.8, 4) is 0 Å². The third-order valence-electron chi connectivity index (χ3n) is 2.18. The van der Waals surface area contributed by atoms with Crippen LogP contribution in [0, 0.1) is 11.3 Å². The molecule has 0 saturated carbocycles. The molecule has 0 aromatic carbocycles. The number of nitrogens with two attached hydrogens (primary N) is 1. The number of rotatable bonds is 1. The first-order chi connectivity index (χ1) is 5.74. The van der Waals surface area contributed by atoms with Gasteiger partial charge in [-0.05, 0) is 26.4 Å². The molecule has 5 heteroatoms. The molecule has 0 aromatic heterocycles. The summed E-state index contributed by atoms with van der Waals surface area (Å²) in [5, 5.41) is 14.2. The highest BCUT2D eigenvalue weighted by atomic mass is 15.3. The van der Waals surface area contributed by atoms with E-state index in [1.807, 2.05) is 0 Å². The van der Waals surface area contributed by atoms with Gasteiger partial charge < -0.3 is 10.7 Å². The second-order valence-corrected chi connectivity index (χ2v) is 3.20. The molecule has 1 heterocycles. The van der Waals surface area contributed by atoms with Gasteiger partial charge in [-0.3, -0.25) is 5.41 Å². The normalized spacial score (nSPS) is 26.2. The van der Waals surface area contributed by atoms with Crippen molar-refractivity contribution in [3.63, 3.8) is 0 Å². The summed E-state index contributed by atoms with van der Waals surface area (Å²) in [5.74, 6) is 5.40. The molecule has 68 valence electrons. The lowest BCUT2D eigenvalue weighted by atomic mass is 9.98. The van der Waals surface area contributed by atoms with E-state index in [0.29, 0.717) is 5.84 Å². The Morgan fingerprint density at radius 1 is 1.67 bits per heavy atom. The summed E-state index contributed by atoms with van der Waals surface area (Å²) in [4.78, 5) is 2.20. The molecular weight excluding hydrogens is 154 g/mol. The van der Waals surface area contributed by atoms with Crippen LogP contribution >= 0.6 is 0 Å². The van der Waals surface area contributed by atoms with E-state index in [9.17, 15) is 0 Å². The lowest BCUT2D eigenvalue weighted by Crippen LogP contribution is -2.35. The number of nitrogens with zero attached hydrogens (tertiary/aromatic N) is 3. The summed E-state index contributed by atoms with van der Waals surface area (Å²) in [6.07, 6.45) is 2.16. The lowest BCUT2D eigenvalue weighted by molar-refractivity contribution is 0.245. The van der Waals surface area contributed by atoms with E-state index in [-0.39, 0.29) is 5.92 Å². The van der Waals surface area contributed by atoms with Gasteiger partial charge in [0.1, 0.15) is 5.84 Å². The molecule has 1 aliphatic heterocycles. The topological polar surface area (TPSA) is 77.8 Å². The van der Waals surface area contributed by atoms with Crippen LogP contribution in [0.15, 0.2) is 10.3 Å². The van der Waals surface area contributed by atoms with Gasteiger partial charge in [-0.2, -0.15) is 0 Å². The van der Waals surface area contributed by atoms with Gasteiger partial charge in [0.2, 0.25) is 0 Å². The molecule has 3 N–H and O–H groups in total. The summed E-state index contributed by atoms with van der Waals surface area (Å²) in [5.41, 5.74) is 0. The molecule has 1 fully saturated rings. The average Bonchev–Trinajstić information content (AvgIpc) is 2.05. The van der Waals surface area contributed by atoms with Gasteiger partial charge in [-0.25, -0.2) is 0 Å². The molecule has 0 unspecified atom stereocenters. The highest BCUT2D eigenvalue weighted by Gasteiger charge is 2.20. The first-order valence-electron chi connectivity index (χ1n) is 4.12. The molecule has 0 aromatic rings. The molecule has 5 nitrogen and oxygen atoms in total. The van der Waals surface area contributed by atoms with E-state index in [0.717, 1.165) is 25.9 Å². The Bertz CT molecular complexity index is 188. The second-order valence-electron chi connectivity index (χ2n) is 3.20. The van der Waals surface area contributed by atoms with Gasteiger partial charge in [0.25, 0.3) is 0 Å². The second kappa shape index (κ2) is 4.15. The number of hydrogen-bond donors (Lipinski definition) is 2. The van der Waals surface area contributed by atoms with Crippen LogP contribution in [0.1, 0.15) is 12.8 Å². The van der Waals surface area contributed by atoms with Crippen molar-refractivity contribution < 1.29 is 0 Å². The van der Waals surface area contributed by atoms with Crippen LogP contribution in [0.5, 0.6) is 0 Å². The molecule has 0 aliphatic carbocycles. The molecule has 0 radical (unpaired) electrons. The van der Waals surface area contributed by atoms with Crippen LogP contribution in [0.4, 0.5) is 0 Å². The fourth-order valence-electron chi connectivity index (χ4n) is 1.53. The van der Waals surface area contributed by atoms with Gasteiger partial charge in [0.15, 0.2) is 0 Å². The SMILES string of the molecule is CN1CCC[C@@H](C(=N)N=NN)C1. The van der Waals surface area contributed by atoms with Crippen LogP contribution in [-0.2, 0) is 0 Å². The number of amidine groups is 1. The standard InChI is InChI=1S/C7H15N5/c1-12-4-2-3-6(5-12)7(8)10-11-9/h6H,2-5H2,1H3,(H3,8,9,10)/t6-/m1/s1. The van der Waals surface area contributed by atoms with Crippen molar-refractivity contribution >= 4 is 5.84 Å². The molecule has 1 saturated heterocycles. The van der Waals surface area contributed by atoms with Crippen molar-refractivity contribution in [3.05, 3.63) is 0 Å². The zero-order chi connectivity index (χ0) is 8.97. The Hall–Kier alpha value is -0.970. The fourth-order valence-corrected chi connectivity index (χ4v) is 1.53. The number of likely N-dealkylation sites (tertiary alicyclic amines) is 1. The Morgan fingerprint density at radius 2 is 2.42 bits per heavy atom. The van der Waals surface area contributed by atoms with Gasteiger partial charge in [-0.15, -0.1) is 5.11 Å². The molecular formula is C7H15N5. The summed E-state index contributed by atoms with van der Waals surface area (Å²) < 4.78 is 0. The number of nitrogens with one attached hydrogen (secondary N) is 1. The maximum Gasteiger partial charge on any atom is 0.149 e. The average molecular weight is 169 g/mol. The third kappa shape index (κ3) is 2.27. The molecule has 0 amide bonds. The summed E-state index contributed by atoms with van der Waals surface area (Å²) in [7, 11) is 2.05. The van der Waals surface area contributed by atoms with E-state index >= 15 is 0 Å². The van der Waals surface area contributed by atoms with E-state index in [1.54, 1.807) is 0 Å². The van der Waals surface area contributed by atoms with E-state index < -0.39 is 0 Å². The van der Waals surface area contributed by atoms with Crippen LogP contribution in [0.2, 0.25) is 0 Å². The van der Waals surface area contributed by atoms with E-state index in [2.05, 4.69) is 22.3 Å². The first-order valence-corrected chi connectivity index (χ1v) is 4.12. The summed E-state index contributed by atoms with van der Waals surface area (Å²) >= 11 is 0. The van der Waals surface area contributed by atoms with Crippen LogP contribution in [0.25, 0.3) is 0 Å². The van der Waals surface area contributed by atoms with Crippen molar-refractivity contribution in [2.75, 3.05) is 20.1 Å². The van der Waals surface area contributed by atoms with Crippen molar-refractivity contribution in [2.45, 2.75) is 12.8 Å². The largest absolute Gasteiger partial charge is 0.306 e. The molecule has 0 spiro atoms. The molecule has 1 atom stereocenters. The maximum absolute atomic E-state index is 7.51. The van der Waals surface area contributed by atoms with Crippen LogP contribution in [-0.4, -0.2) is 30.9 Å². The zero-order valence-corrected chi connectivity index (χ0v) is 7.32. The predicted molar refractivity (Wildman–Crippen MR) is 47.0 cm³/mol. The molecule has 0 bridgehead atoms. The summed E-state index contributed by atoms with van der Waals surface area (Å²) in [6, 6.07) is 0. The maximum atomic E-state index is 7.51. The highest BCUT2D eigenvalue weighted by molar-refractivity contribution is 5.82. The Balaban J connectivity index is 2.45. The Kier molecular flexibility index (Phi) is 3.16. The monoisotopic (exact) mass is 169 g/mol. The van der Waals surface area contributed by atoms with Gasteiger partial charge in [-0.1, -0.05) is 5.22 Å². The minimum Gasteiger partial charge on any atom is -0.306 e. The number of piperidine rings is 1. The van der Waals surface area contributed by atoms with E-state index in [4.69, 9.17) is 11.3 Å². The van der Waals surface area contributed by atoms with Crippen molar-refractivity contribution in [1.82, 2.24) is 4.90 Å². The Labute approximate surface area is 72.1 Å². The van der Waals surface area contributed by atoms with Crippen LogP contribution < -0.4 is 5.84 Å². The minimum atomic E-state index is 0.219. The Morgan fingerprint density at radius 3 is 3.00 bits per heavy atom. The quantitative estimate of drug-likeness (QED) is 0.198. The lowest BCUT2D eigenvalue weighted by Gasteiger charge is -2.28. The van der Waals surface area contributed by atoms with Gasteiger partial charge in [0.05, 0.1) is 0 Å². The van der Waals surface area contributed by atoms with Crippen molar-refractivity contribution in [1.29, 1.82) is 5.41 Å². The third-order valence-corrected chi connectivity index (χ3v) is 2.18. The molecule has 1 aliphatic rings. The van der Waals surface area contributed by atoms with Gasteiger partial charge >= 0.3 is 0 Å². The fraction of sp³-hybridized carbons (Fsp3) is 0.857. The first kappa shape index (κ1) is 9.12. The predicted octanol–water partition coefficient (Wildman–Crippen LogP) is 0.631. The number of hydrogen-bond acceptors (Lipinski definition) is 3.